The molecule has 3 N–H and O–H groups in total. The molecule has 34 heavy (non-hydrogen) atoms. The van der Waals surface area contributed by atoms with E-state index in [1.807, 2.05) is 4.90 Å². The van der Waals surface area contributed by atoms with Crippen LogP contribution in [0.25, 0.3) is 11.4 Å². The average Bonchev–Trinajstić information content (AvgIpc) is 2.86. The lowest BCUT2D eigenvalue weighted by molar-refractivity contribution is 0.102. The largest absolute Gasteiger partial charge is 0.496 e. The Bertz CT molecular complexity index is 1210. The van der Waals surface area contributed by atoms with Crippen molar-refractivity contribution in [3.8, 4) is 17.1 Å². The van der Waals surface area contributed by atoms with E-state index in [0.29, 0.717) is 30.9 Å². The van der Waals surface area contributed by atoms with Crippen LogP contribution < -0.4 is 20.3 Å². The first-order valence-corrected chi connectivity index (χ1v) is 10.8. The van der Waals surface area contributed by atoms with Crippen LogP contribution in [-0.2, 0) is 0 Å². The Morgan fingerprint density at radius 3 is 2.88 bits per heavy atom. The van der Waals surface area contributed by atoms with Gasteiger partial charge in [-0.25, -0.2) is 18.7 Å². The highest BCUT2D eigenvalue weighted by Crippen LogP contribution is 2.32. The molecule has 0 radical (unpaired) electrons. The van der Waals surface area contributed by atoms with Crippen LogP contribution in [0.5, 0.6) is 5.75 Å². The molecule has 10 heteroatoms. The van der Waals surface area contributed by atoms with E-state index in [-0.39, 0.29) is 41.2 Å². The number of carbonyl (C=O) groups is 1. The number of benzene rings is 2. The first-order valence-electron chi connectivity index (χ1n) is 10.8. The first-order chi connectivity index (χ1) is 16.4. The highest BCUT2D eigenvalue weighted by molar-refractivity contribution is 6.05. The lowest BCUT2D eigenvalue weighted by Crippen LogP contribution is -2.52. The van der Waals surface area contributed by atoms with Gasteiger partial charge in [0.05, 0.1) is 30.7 Å². The van der Waals surface area contributed by atoms with E-state index in [4.69, 9.17) is 4.74 Å². The SMILES string of the molecule is COc1cccc(F)c1-c1nccc(C(=O)Nc2cc(F)c(C)cc2N2CCNC(CO)C2)n1. The zero-order valence-electron chi connectivity index (χ0n) is 18.8. The van der Waals surface area contributed by atoms with Crippen molar-refractivity contribution in [2.75, 3.05) is 43.6 Å². The fourth-order valence-electron chi connectivity index (χ4n) is 3.88. The van der Waals surface area contributed by atoms with Crippen LogP contribution in [0.15, 0.2) is 42.6 Å². The molecule has 2 heterocycles. The number of hydrogen-bond donors (Lipinski definition) is 3. The van der Waals surface area contributed by atoms with Crippen molar-refractivity contribution >= 4 is 17.3 Å². The molecule has 0 aliphatic carbocycles. The predicted molar refractivity (Wildman–Crippen MR) is 124 cm³/mol. The molecule has 1 atom stereocenters. The van der Waals surface area contributed by atoms with Gasteiger partial charge in [-0.05, 0) is 42.8 Å². The number of ether oxygens (including phenoxy) is 1. The van der Waals surface area contributed by atoms with Gasteiger partial charge in [0.1, 0.15) is 23.1 Å². The molecule has 0 saturated carbocycles. The topological polar surface area (TPSA) is 99.6 Å². The summed E-state index contributed by atoms with van der Waals surface area (Å²) in [6, 6.07) is 8.51. The Kier molecular flexibility index (Phi) is 6.99. The number of hydrogen-bond acceptors (Lipinski definition) is 7. The van der Waals surface area contributed by atoms with Crippen LogP contribution in [0.3, 0.4) is 0 Å². The monoisotopic (exact) mass is 469 g/mol. The Morgan fingerprint density at radius 1 is 1.29 bits per heavy atom. The summed E-state index contributed by atoms with van der Waals surface area (Å²) >= 11 is 0. The Hall–Kier alpha value is -3.63. The van der Waals surface area contributed by atoms with Crippen molar-refractivity contribution in [2.45, 2.75) is 13.0 Å². The summed E-state index contributed by atoms with van der Waals surface area (Å²) in [7, 11) is 1.40. The number of halogens is 2. The van der Waals surface area contributed by atoms with Crippen molar-refractivity contribution in [2.24, 2.45) is 0 Å². The fourth-order valence-corrected chi connectivity index (χ4v) is 3.88. The van der Waals surface area contributed by atoms with Gasteiger partial charge in [-0.15, -0.1) is 0 Å². The quantitative estimate of drug-likeness (QED) is 0.511. The molecule has 1 aliphatic rings. The maximum atomic E-state index is 14.5. The number of aromatic nitrogens is 2. The highest BCUT2D eigenvalue weighted by atomic mass is 19.1. The van der Waals surface area contributed by atoms with Crippen molar-refractivity contribution in [3.05, 3.63) is 65.5 Å². The summed E-state index contributed by atoms with van der Waals surface area (Å²) in [6.45, 7) is 3.36. The summed E-state index contributed by atoms with van der Waals surface area (Å²) in [4.78, 5) is 23.4. The van der Waals surface area contributed by atoms with Gasteiger partial charge in [0.15, 0.2) is 5.82 Å². The van der Waals surface area contributed by atoms with Crippen LogP contribution in [0, 0.1) is 18.6 Å². The normalized spacial score (nSPS) is 15.8. The fraction of sp³-hybridized carbons (Fsp3) is 0.292. The molecule has 3 aromatic rings. The summed E-state index contributed by atoms with van der Waals surface area (Å²) in [5, 5.41) is 15.5. The average molecular weight is 469 g/mol. The van der Waals surface area contributed by atoms with Crippen LogP contribution in [0.1, 0.15) is 16.1 Å². The van der Waals surface area contributed by atoms with Gasteiger partial charge in [0.25, 0.3) is 5.91 Å². The summed E-state index contributed by atoms with van der Waals surface area (Å²) in [5.41, 5.74) is 1.36. The molecule has 178 valence electrons. The van der Waals surface area contributed by atoms with E-state index in [9.17, 15) is 18.7 Å². The third-order valence-corrected chi connectivity index (χ3v) is 5.65. The van der Waals surface area contributed by atoms with E-state index in [0.717, 1.165) is 0 Å². The van der Waals surface area contributed by atoms with Crippen LogP contribution in [-0.4, -0.2) is 60.4 Å². The molecule has 1 saturated heterocycles. The van der Waals surface area contributed by atoms with Gasteiger partial charge in [-0.3, -0.25) is 4.79 Å². The van der Waals surface area contributed by atoms with Gasteiger partial charge in [0.2, 0.25) is 0 Å². The molecular formula is C24H25F2N5O3. The van der Waals surface area contributed by atoms with Crippen molar-refractivity contribution in [1.29, 1.82) is 0 Å². The van der Waals surface area contributed by atoms with Crippen molar-refractivity contribution in [1.82, 2.24) is 15.3 Å². The predicted octanol–water partition coefficient (Wildman–Crippen LogP) is 2.76. The minimum absolute atomic E-state index is 0.00852. The number of methoxy groups -OCH3 is 1. The second kappa shape index (κ2) is 10.1. The zero-order chi connectivity index (χ0) is 24.2. The van der Waals surface area contributed by atoms with E-state index in [2.05, 4.69) is 20.6 Å². The second-order valence-corrected chi connectivity index (χ2v) is 7.93. The van der Waals surface area contributed by atoms with E-state index in [1.54, 1.807) is 19.1 Å². The molecule has 1 fully saturated rings. The highest BCUT2D eigenvalue weighted by Gasteiger charge is 2.23. The minimum Gasteiger partial charge on any atom is -0.496 e. The molecule has 1 amide bonds. The second-order valence-electron chi connectivity index (χ2n) is 7.93. The number of aliphatic hydroxyl groups excluding tert-OH is 1. The van der Waals surface area contributed by atoms with Crippen molar-refractivity contribution < 1.29 is 23.4 Å². The molecular weight excluding hydrogens is 444 g/mol. The third kappa shape index (κ3) is 4.82. The number of carbonyl (C=O) groups excluding carboxylic acids is 1. The smallest absolute Gasteiger partial charge is 0.274 e. The Balaban J connectivity index is 1.65. The Labute approximate surface area is 195 Å². The molecule has 0 bridgehead atoms. The number of nitrogens with one attached hydrogen (secondary N) is 2. The number of aliphatic hydroxyl groups is 1. The van der Waals surface area contributed by atoms with Gasteiger partial charge >= 0.3 is 0 Å². The van der Waals surface area contributed by atoms with Gasteiger partial charge < -0.3 is 25.4 Å². The first kappa shape index (κ1) is 23.5. The Morgan fingerprint density at radius 2 is 2.12 bits per heavy atom. The molecule has 1 aromatic heterocycles. The van der Waals surface area contributed by atoms with Gasteiger partial charge in [0, 0.05) is 31.9 Å². The minimum atomic E-state index is -0.600. The summed E-state index contributed by atoms with van der Waals surface area (Å²) in [5.74, 6) is -1.43. The maximum absolute atomic E-state index is 14.5. The standard InChI is InChI=1S/C24H25F2N5O3/c1-14-10-20(31-9-8-27-15(12-31)13-32)19(11-17(14)26)30-24(33)18-6-7-28-23(29-18)22-16(25)4-3-5-21(22)34-2/h3-7,10-11,15,27,32H,8-9,12-13H2,1-2H3,(H,30,33). The number of anilines is 2. The van der Waals surface area contributed by atoms with Crippen LogP contribution in [0.2, 0.25) is 0 Å². The number of aryl methyl sites for hydroxylation is 1. The van der Waals surface area contributed by atoms with E-state index in [1.165, 1.54) is 37.6 Å². The van der Waals surface area contributed by atoms with Crippen molar-refractivity contribution in [3.63, 3.8) is 0 Å². The van der Waals surface area contributed by atoms with E-state index >= 15 is 0 Å². The van der Waals surface area contributed by atoms with E-state index < -0.39 is 17.5 Å². The van der Waals surface area contributed by atoms with Crippen LogP contribution in [0.4, 0.5) is 20.2 Å². The molecule has 1 aliphatic heterocycles. The lowest BCUT2D eigenvalue weighted by atomic mass is 10.1. The number of nitrogens with zero attached hydrogens (tertiary/aromatic N) is 3. The summed E-state index contributed by atoms with van der Waals surface area (Å²) in [6.07, 6.45) is 1.35. The third-order valence-electron chi connectivity index (χ3n) is 5.65. The van der Waals surface area contributed by atoms with Gasteiger partial charge in [-0.1, -0.05) is 6.07 Å². The number of rotatable bonds is 6. The van der Waals surface area contributed by atoms with Crippen LogP contribution >= 0.6 is 0 Å². The number of amides is 1. The molecule has 8 nitrogen and oxygen atoms in total. The van der Waals surface area contributed by atoms with Gasteiger partial charge in [-0.2, -0.15) is 0 Å². The number of piperazine rings is 1. The zero-order valence-corrected chi connectivity index (χ0v) is 18.8. The summed E-state index contributed by atoms with van der Waals surface area (Å²) < 4.78 is 34.1. The molecule has 4 rings (SSSR count). The maximum Gasteiger partial charge on any atom is 0.274 e. The molecule has 0 spiro atoms. The molecule has 2 aromatic carbocycles. The lowest BCUT2D eigenvalue weighted by Gasteiger charge is -2.35. The molecule has 1 unspecified atom stereocenters.